The average molecular weight is 384 g/mol. The Kier molecular flexibility index (Phi) is 10.3. The van der Waals surface area contributed by atoms with Gasteiger partial charge >= 0.3 is 11.9 Å². The molecule has 0 heterocycles. The third-order valence-corrected chi connectivity index (χ3v) is 3.29. The van der Waals surface area contributed by atoms with Crippen LogP contribution in [0.4, 0.5) is 0 Å². The molecule has 0 saturated carbocycles. The number of rotatable bonds is 9. The standard InChI is InChI=1S/C14H16O3.C8H8O3/c1-3-9-16-13-7-5-12(6-8-13)11-14(15)17-10-4-2;9-7-3-1-6(2-4-7)5-8(10)11/h3-8H,1-2,9-11H2;1-4,9H,5H2,(H,10,11). The Bertz CT molecular complexity index is 763. The lowest BCUT2D eigenvalue weighted by Crippen LogP contribution is -2.07. The average Bonchev–Trinajstić information content (AvgIpc) is 2.68. The summed E-state index contributed by atoms with van der Waals surface area (Å²) in [5.41, 5.74) is 1.58. The summed E-state index contributed by atoms with van der Waals surface area (Å²) in [7, 11) is 0. The van der Waals surface area contributed by atoms with Gasteiger partial charge in [0.15, 0.2) is 0 Å². The molecule has 0 radical (unpaired) electrons. The van der Waals surface area contributed by atoms with E-state index in [1.54, 1.807) is 24.3 Å². The molecule has 2 rings (SSSR count). The zero-order chi connectivity index (χ0) is 20.8. The third-order valence-electron chi connectivity index (χ3n) is 3.29. The number of carboxylic acids is 1. The highest BCUT2D eigenvalue weighted by Gasteiger charge is 2.04. The highest BCUT2D eigenvalue weighted by atomic mass is 16.5. The van der Waals surface area contributed by atoms with Crippen LogP contribution < -0.4 is 4.74 Å². The van der Waals surface area contributed by atoms with Gasteiger partial charge in [-0.2, -0.15) is 0 Å². The molecule has 28 heavy (non-hydrogen) atoms. The molecule has 6 heteroatoms. The molecule has 0 spiro atoms. The lowest BCUT2D eigenvalue weighted by molar-refractivity contribution is -0.141. The van der Waals surface area contributed by atoms with Gasteiger partial charge in [-0.3, -0.25) is 9.59 Å². The van der Waals surface area contributed by atoms with Crippen molar-refractivity contribution in [1.82, 2.24) is 0 Å². The number of phenols is 1. The molecule has 0 aromatic heterocycles. The summed E-state index contributed by atoms with van der Waals surface area (Å²) < 4.78 is 10.2. The summed E-state index contributed by atoms with van der Waals surface area (Å²) >= 11 is 0. The predicted octanol–water partition coefficient (Wildman–Crippen LogP) is 3.54. The van der Waals surface area contributed by atoms with Gasteiger partial charge in [-0.05, 0) is 35.4 Å². The molecule has 0 fully saturated rings. The maximum absolute atomic E-state index is 11.3. The summed E-state index contributed by atoms with van der Waals surface area (Å²) in [5.74, 6) is -0.215. The number of hydrogen-bond acceptors (Lipinski definition) is 5. The minimum absolute atomic E-state index is 0.000278. The van der Waals surface area contributed by atoms with Crippen LogP contribution in [0, 0.1) is 0 Å². The number of aromatic hydroxyl groups is 1. The number of carboxylic acid groups (broad SMARTS) is 1. The van der Waals surface area contributed by atoms with Crippen LogP contribution >= 0.6 is 0 Å². The minimum atomic E-state index is -0.865. The van der Waals surface area contributed by atoms with Gasteiger partial charge < -0.3 is 19.7 Å². The van der Waals surface area contributed by atoms with Crippen LogP contribution in [0.2, 0.25) is 0 Å². The SMILES string of the molecule is C=CCOC(=O)Cc1ccc(OCC=C)cc1.O=C(O)Cc1ccc(O)cc1. The number of aliphatic carboxylic acids is 1. The quantitative estimate of drug-likeness (QED) is 0.507. The van der Waals surface area contributed by atoms with Crippen molar-refractivity contribution in [3.63, 3.8) is 0 Å². The van der Waals surface area contributed by atoms with E-state index in [1.807, 2.05) is 24.3 Å². The number of hydrogen-bond donors (Lipinski definition) is 2. The lowest BCUT2D eigenvalue weighted by atomic mass is 10.1. The first-order valence-electron chi connectivity index (χ1n) is 8.53. The summed E-state index contributed by atoms with van der Waals surface area (Å²) in [6, 6.07) is 13.4. The maximum atomic E-state index is 11.3. The van der Waals surface area contributed by atoms with Crippen molar-refractivity contribution >= 4 is 11.9 Å². The molecule has 2 aromatic carbocycles. The van der Waals surface area contributed by atoms with E-state index in [1.165, 1.54) is 12.1 Å². The van der Waals surface area contributed by atoms with Gasteiger partial charge in [0.2, 0.25) is 0 Å². The van der Waals surface area contributed by atoms with Crippen molar-refractivity contribution in [2.24, 2.45) is 0 Å². The molecule has 0 aliphatic rings. The molecule has 0 aliphatic carbocycles. The van der Waals surface area contributed by atoms with E-state index in [0.29, 0.717) is 12.2 Å². The van der Waals surface area contributed by atoms with Gasteiger partial charge in [0, 0.05) is 0 Å². The number of benzene rings is 2. The molecule has 0 unspecified atom stereocenters. The van der Waals surface area contributed by atoms with Gasteiger partial charge in [-0.1, -0.05) is 49.6 Å². The minimum Gasteiger partial charge on any atom is -0.508 e. The second-order valence-corrected chi connectivity index (χ2v) is 5.63. The number of phenolic OH excluding ortho intramolecular Hbond substituents is 1. The second kappa shape index (κ2) is 12.8. The Morgan fingerprint density at radius 2 is 1.39 bits per heavy atom. The molecule has 2 N–H and O–H groups in total. The van der Waals surface area contributed by atoms with Crippen LogP contribution in [-0.2, 0) is 27.2 Å². The van der Waals surface area contributed by atoms with E-state index in [4.69, 9.17) is 19.7 Å². The van der Waals surface area contributed by atoms with Crippen LogP contribution in [0.5, 0.6) is 11.5 Å². The van der Waals surface area contributed by atoms with Crippen molar-refractivity contribution < 1.29 is 29.3 Å². The van der Waals surface area contributed by atoms with Crippen LogP contribution in [-0.4, -0.2) is 35.4 Å². The second-order valence-electron chi connectivity index (χ2n) is 5.63. The van der Waals surface area contributed by atoms with Crippen molar-refractivity contribution in [1.29, 1.82) is 0 Å². The third kappa shape index (κ3) is 9.82. The topological polar surface area (TPSA) is 93.1 Å². The van der Waals surface area contributed by atoms with Crippen LogP contribution in [0.1, 0.15) is 11.1 Å². The molecule has 0 saturated heterocycles. The van der Waals surface area contributed by atoms with Crippen LogP contribution in [0.3, 0.4) is 0 Å². The lowest BCUT2D eigenvalue weighted by Gasteiger charge is -2.05. The van der Waals surface area contributed by atoms with Gasteiger partial charge in [-0.15, -0.1) is 0 Å². The largest absolute Gasteiger partial charge is 0.508 e. The molecular formula is C22H24O6. The molecule has 148 valence electrons. The van der Waals surface area contributed by atoms with E-state index in [2.05, 4.69) is 13.2 Å². The zero-order valence-electron chi connectivity index (χ0n) is 15.5. The first kappa shape index (κ1) is 22.5. The Balaban J connectivity index is 0.000000307. The van der Waals surface area contributed by atoms with Gasteiger partial charge in [0.25, 0.3) is 0 Å². The van der Waals surface area contributed by atoms with Crippen molar-refractivity contribution in [2.45, 2.75) is 12.8 Å². The van der Waals surface area contributed by atoms with Gasteiger partial charge in [-0.25, -0.2) is 0 Å². The van der Waals surface area contributed by atoms with Crippen molar-refractivity contribution in [2.75, 3.05) is 13.2 Å². The Morgan fingerprint density at radius 1 is 0.857 bits per heavy atom. The highest BCUT2D eigenvalue weighted by molar-refractivity contribution is 5.72. The molecule has 2 aromatic rings. The highest BCUT2D eigenvalue weighted by Crippen LogP contribution is 2.13. The fraction of sp³-hybridized carbons (Fsp3) is 0.182. The molecular weight excluding hydrogens is 360 g/mol. The molecule has 0 atom stereocenters. The summed E-state index contributed by atoms with van der Waals surface area (Å²) in [4.78, 5) is 21.5. The maximum Gasteiger partial charge on any atom is 0.310 e. The van der Waals surface area contributed by atoms with Crippen molar-refractivity contribution in [3.8, 4) is 11.5 Å². The van der Waals surface area contributed by atoms with Gasteiger partial charge in [0.05, 0.1) is 12.8 Å². The number of carbonyl (C=O) groups is 2. The Labute approximate surface area is 164 Å². The first-order chi connectivity index (χ1) is 13.4. The fourth-order valence-corrected chi connectivity index (χ4v) is 2.02. The predicted molar refractivity (Wildman–Crippen MR) is 106 cm³/mol. The monoisotopic (exact) mass is 384 g/mol. The number of esters is 1. The molecule has 6 nitrogen and oxygen atoms in total. The molecule has 0 bridgehead atoms. The number of carbonyl (C=O) groups excluding carboxylic acids is 1. The molecule has 0 aliphatic heterocycles. The molecule has 0 amide bonds. The van der Waals surface area contributed by atoms with E-state index in [9.17, 15) is 9.59 Å². The normalized spacial score (nSPS) is 9.43. The fourth-order valence-electron chi connectivity index (χ4n) is 2.02. The van der Waals surface area contributed by atoms with E-state index in [-0.39, 0.29) is 31.2 Å². The number of ether oxygens (including phenoxy) is 2. The summed E-state index contributed by atoms with van der Waals surface area (Å²) in [5, 5.41) is 17.2. The Morgan fingerprint density at radius 3 is 1.93 bits per heavy atom. The smallest absolute Gasteiger partial charge is 0.310 e. The summed E-state index contributed by atoms with van der Waals surface area (Å²) in [6.45, 7) is 7.77. The van der Waals surface area contributed by atoms with Crippen molar-refractivity contribution in [3.05, 3.63) is 85.0 Å². The van der Waals surface area contributed by atoms with E-state index < -0.39 is 5.97 Å². The zero-order valence-corrected chi connectivity index (χ0v) is 15.5. The Hall–Kier alpha value is -3.54. The van der Waals surface area contributed by atoms with Gasteiger partial charge in [0.1, 0.15) is 24.7 Å². The van der Waals surface area contributed by atoms with Crippen LogP contribution in [0.15, 0.2) is 73.8 Å². The summed E-state index contributed by atoms with van der Waals surface area (Å²) in [6.07, 6.45) is 3.49. The van der Waals surface area contributed by atoms with E-state index in [0.717, 1.165) is 11.3 Å². The van der Waals surface area contributed by atoms with E-state index >= 15 is 0 Å². The first-order valence-corrected chi connectivity index (χ1v) is 8.53. The van der Waals surface area contributed by atoms with Crippen LogP contribution in [0.25, 0.3) is 0 Å².